The third kappa shape index (κ3) is 1.20. The molecule has 0 heterocycles. The molecule has 2 aliphatic rings. The van der Waals surface area contributed by atoms with Gasteiger partial charge in [-0.25, -0.2) is 0 Å². The van der Waals surface area contributed by atoms with Crippen LogP contribution in [-0.2, 0) is 0 Å². The molecule has 3 unspecified atom stereocenters. The number of rotatable bonds is 2. The van der Waals surface area contributed by atoms with Crippen molar-refractivity contribution in [2.24, 2.45) is 17.8 Å². The Morgan fingerprint density at radius 3 is 2.18 bits per heavy atom. The van der Waals surface area contributed by atoms with E-state index in [0.29, 0.717) is 0 Å². The van der Waals surface area contributed by atoms with E-state index in [1.165, 1.54) is 25.7 Å². The quantitative estimate of drug-likeness (QED) is 0.640. The minimum absolute atomic E-state index is 0.767. The van der Waals surface area contributed by atoms with Crippen LogP contribution < -0.4 is 5.32 Å². The van der Waals surface area contributed by atoms with E-state index in [9.17, 15) is 0 Å². The van der Waals surface area contributed by atoms with Crippen LogP contribution in [0, 0.1) is 17.8 Å². The molecule has 0 bridgehead atoms. The summed E-state index contributed by atoms with van der Waals surface area (Å²) in [6.45, 7) is 2.34. The van der Waals surface area contributed by atoms with E-state index < -0.39 is 0 Å². The zero-order valence-electron chi connectivity index (χ0n) is 7.64. The maximum atomic E-state index is 3.38. The number of hydrogen-bond acceptors (Lipinski definition) is 1. The van der Waals surface area contributed by atoms with Crippen LogP contribution in [0.1, 0.15) is 32.6 Å². The molecular formula is C10H19N. The molecular weight excluding hydrogens is 134 g/mol. The van der Waals surface area contributed by atoms with Gasteiger partial charge in [0.1, 0.15) is 0 Å². The topological polar surface area (TPSA) is 12.0 Å². The van der Waals surface area contributed by atoms with Crippen molar-refractivity contribution in [1.82, 2.24) is 5.32 Å². The van der Waals surface area contributed by atoms with Crippen LogP contribution in [0.4, 0.5) is 0 Å². The van der Waals surface area contributed by atoms with Crippen LogP contribution in [-0.4, -0.2) is 13.1 Å². The van der Waals surface area contributed by atoms with Gasteiger partial charge in [-0.15, -0.1) is 0 Å². The van der Waals surface area contributed by atoms with Crippen LogP contribution in [0.3, 0.4) is 0 Å². The normalized spacial score (nSPS) is 44.7. The largest absolute Gasteiger partial charge is 0.317 e. The van der Waals surface area contributed by atoms with Crippen molar-refractivity contribution < 1.29 is 0 Å². The second kappa shape index (κ2) is 2.78. The second-order valence-corrected chi connectivity index (χ2v) is 4.27. The molecule has 0 saturated heterocycles. The molecule has 11 heavy (non-hydrogen) atoms. The SMILES string of the molecule is CNC(C)C1C2CCCCC21. The number of hydrogen-bond donors (Lipinski definition) is 1. The third-order valence-corrected chi connectivity index (χ3v) is 3.76. The highest BCUT2D eigenvalue weighted by Crippen LogP contribution is 2.56. The monoisotopic (exact) mass is 153 g/mol. The molecule has 2 fully saturated rings. The van der Waals surface area contributed by atoms with Gasteiger partial charge in [0.25, 0.3) is 0 Å². The summed E-state index contributed by atoms with van der Waals surface area (Å²) in [4.78, 5) is 0. The van der Waals surface area contributed by atoms with Crippen molar-refractivity contribution in [2.45, 2.75) is 38.6 Å². The lowest BCUT2D eigenvalue weighted by molar-refractivity contribution is 0.480. The van der Waals surface area contributed by atoms with Crippen LogP contribution >= 0.6 is 0 Å². The highest BCUT2D eigenvalue weighted by Gasteiger charge is 2.52. The highest BCUT2D eigenvalue weighted by atomic mass is 14.9. The van der Waals surface area contributed by atoms with Crippen molar-refractivity contribution in [2.75, 3.05) is 7.05 Å². The summed E-state index contributed by atoms with van der Waals surface area (Å²) in [5.41, 5.74) is 0. The van der Waals surface area contributed by atoms with Gasteiger partial charge in [-0.2, -0.15) is 0 Å². The summed E-state index contributed by atoms with van der Waals surface area (Å²) in [7, 11) is 2.09. The van der Waals surface area contributed by atoms with Gasteiger partial charge in [0.15, 0.2) is 0 Å². The Morgan fingerprint density at radius 1 is 1.18 bits per heavy atom. The molecule has 0 radical (unpaired) electrons. The lowest BCUT2D eigenvalue weighted by Crippen LogP contribution is -2.24. The van der Waals surface area contributed by atoms with E-state index in [1.807, 2.05) is 0 Å². The van der Waals surface area contributed by atoms with E-state index in [1.54, 1.807) is 0 Å². The fraction of sp³-hybridized carbons (Fsp3) is 1.00. The summed E-state index contributed by atoms with van der Waals surface area (Å²) in [5, 5.41) is 3.38. The van der Waals surface area contributed by atoms with Crippen molar-refractivity contribution >= 4 is 0 Å². The molecule has 0 aromatic carbocycles. The van der Waals surface area contributed by atoms with Crippen LogP contribution in [0.25, 0.3) is 0 Å². The van der Waals surface area contributed by atoms with Gasteiger partial charge < -0.3 is 5.32 Å². The van der Waals surface area contributed by atoms with Gasteiger partial charge in [-0.1, -0.05) is 12.8 Å². The maximum absolute atomic E-state index is 3.38. The van der Waals surface area contributed by atoms with Gasteiger partial charge in [0, 0.05) is 6.04 Å². The third-order valence-electron chi connectivity index (χ3n) is 3.76. The minimum atomic E-state index is 0.767. The average Bonchev–Trinajstić information content (AvgIpc) is 2.77. The lowest BCUT2D eigenvalue weighted by atomic mass is 10.0. The van der Waals surface area contributed by atoms with E-state index in [2.05, 4.69) is 19.3 Å². The van der Waals surface area contributed by atoms with Gasteiger partial charge in [0.2, 0.25) is 0 Å². The van der Waals surface area contributed by atoms with Gasteiger partial charge in [-0.05, 0) is 44.6 Å². The van der Waals surface area contributed by atoms with E-state index in [0.717, 1.165) is 23.8 Å². The van der Waals surface area contributed by atoms with Crippen molar-refractivity contribution in [3.05, 3.63) is 0 Å². The molecule has 2 aliphatic carbocycles. The fourth-order valence-electron chi connectivity index (χ4n) is 2.98. The van der Waals surface area contributed by atoms with Crippen molar-refractivity contribution in [3.8, 4) is 0 Å². The van der Waals surface area contributed by atoms with Crippen molar-refractivity contribution in [3.63, 3.8) is 0 Å². The lowest BCUT2D eigenvalue weighted by Gasteiger charge is -2.08. The molecule has 3 atom stereocenters. The first-order valence-electron chi connectivity index (χ1n) is 5.02. The smallest absolute Gasteiger partial charge is 0.00695 e. The first-order chi connectivity index (χ1) is 5.34. The first-order valence-corrected chi connectivity index (χ1v) is 5.02. The molecule has 1 N–H and O–H groups in total. The maximum Gasteiger partial charge on any atom is 0.00695 e. The zero-order chi connectivity index (χ0) is 7.84. The summed E-state index contributed by atoms with van der Waals surface area (Å²) < 4.78 is 0. The molecule has 0 spiro atoms. The molecule has 0 amide bonds. The molecule has 2 saturated carbocycles. The summed E-state index contributed by atoms with van der Waals surface area (Å²) >= 11 is 0. The summed E-state index contributed by atoms with van der Waals surface area (Å²) in [5.74, 6) is 3.24. The summed E-state index contributed by atoms with van der Waals surface area (Å²) in [6.07, 6.45) is 6.02. The van der Waals surface area contributed by atoms with Crippen LogP contribution in [0.5, 0.6) is 0 Å². The molecule has 0 aromatic heterocycles. The van der Waals surface area contributed by atoms with Gasteiger partial charge in [0.05, 0.1) is 0 Å². The Morgan fingerprint density at radius 2 is 1.73 bits per heavy atom. The molecule has 64 valence electrons. The van der Waals surface area contributed by atoms with Gasteiger partial charge in [-0.3, -0.25) is 0 Å². The zero-order valence-corrected chi connectivity index (χ0v) is 7.64. The first kappa shape index (κ1) is 7.60. The minimum Gasteiger partial charge on any atom is -0.317 e. The van der Waals surface area contributed by atoms with Crippen LogP contribution in [0.2, 0.25) is 0 Å². The molecule has 0 aliphatic heterocycles. The van der Waals surface area contributed by atoms with E-state index in [4.69, 9.17) is 0 Å². The average molecular weight is 153 g/mol. The Kier molecular flexibility index (Phi) is 1.92. The Balaban J connectivity index is 1.89. The van der Waals surface area contributed by atoms with Crippen molar-refractivity contribution in [1.29, 1.82) is 0 Å². The molecule has 2 rings (SSSR count). The Labute approximate surface area is 69.6 Å². The van der Waals surface area contributed by atoms with E-state index in [-0.39, 0.29) is 0 Å². The fourth-order valence-corrected chi connectivity index (χ4v) is 2.98. The number of fused-ring (bicyclic) bond motifs is 1. The van der Waals surface area contributed by atoms with Crippen LogP contribution in [0.15, 0.2) is 0 Å². The Bertz CT molecular complexity index is 132. The molecule has 1 nitrogen and oxygen atoms in total. The van der Waals surface area contributed by atoms with Gasteiger partial charge >= 0.3 is 0 Å². The molecule has 0 aromatic rings. The summed E-state index contributed by atoms with van der Waals surface area (Å²) in [6, 6.07) is 0.767. The Hall–Kier alpha value is -0.0400. The number of nitrogens with one attached hydrogen (secondary N) is 1. The second-order valence-electron chi connectivity index (χ2n) is 4.27. The van der Waals surface area contributed by atoms with E-state index >= 15 is 0 Å². The highest BCUT2D eigenvalue weighted by molar-refractivity contribution is 5.02. The molecule has 1 heteroatoms. The predicted molar refractivity (Wildman–Crippen MR) is 47.5 cm³/mol. The standard InChI is InChI=1S/C10H19N/c1-7(11-2)10-8-5-3-4-6-9(8)10/h7-11H,3-6H2,1-2H3. The predicted octanol–water partition coefficient (Wildman–Crippen LogP) is 2.03.